The molecule has 1 unspecified atom stereocenters. The Labute approximate surface area is 163 Å². The summed E-state index contributed by atoms with van der Waals surface area (Å²) in [6.45, 7) is 0. The number of carbonyl (C=O) groups is 1. The van der Waals surface area contributed by atoms with Crippen molar-refractivity contribution in [3.63, 3.8) is 0 Å². The summed E-state index contributed by atoms with van der Waals surface area (Å²) in [7, 11) is 1.67. The number of pyridine rings is 1. The van der Waals surface area contributed by atoms with E-state index in [1.165, 1.54) is 11.0 Å². The second-order valence-electron chi connectivity index (χ2n) is 6.97. The van der Waals surface area contributed by atoms with Crippen molar-refractivity contribution in [2.24, 2.45) is 13.0 Å². The molecule has 6 nitrogen and oxygen atoms in total. The number of halogens is 1. The number of amides is 1. The van der Waals surface area contributed by atoms with Crippen molar-refractivity contribution in [3.8, 4) is 0 Å². The topological polar surface area (TPSA) is 83.4 Å². The summed E-state index contributed by atoms with van der Waals surface area (Å²) in [5.41, 5.74) is 1.05. The molecule has 0 spiro atoms. The predicted molar refractivity (Wildman–Crippen MR) is 106 cm³/mol. The van der Waals surface area contributed by atoms with Crippen molar-refractivity contribution < 1.29 is 9.90 Å². The number of hydrogen-bond acceptors (Lipinski definition) is 4. The lowest BCUT2D eigenvalue weighted by atomic mass is 9.88. The van der Waals surface area contributed by atoms with E-state index in [-0.39, 0.29) is 22.1 Å². The fraction of sp³-hybridized carbons (Fsp3) is 0.400. The number of aromatic nitrogens is 1. The van der Waals surface area contributed by atoms with Gasteiger partial charge in [0.15, 0.2) is 0 Å². The van der Waals surface area contributed by atoms with Crippen molar-refractivity contribution >= 4 is 28.9 Å². The summed E-state index contributed by atoms with van der Waals surface area (Å²) >= 11 is 6.18. The van der Waals surface area contributed by atoms with Crippen LogP contribution in [0.4, 0.5) is 11.4 Å². The Kier molecular flexibility index (Phi) is 6.19. The number of nitrogens with zero attached hydrogens (tertiary/aromatic N) is 1. The monoisotopic (exact) mass is 389 g/mol. The van der Waals surface area contributed by atoms with Crippen molar-refractivity contribution in [2.75, 3.05) is 5.32 Å². The molecule has 1 fully saturated rings. The Morgan fingerprint density at radius 3 is 2.74 bits per heavy atom. The molecule has 27 heavy (non-hydrogen) atoms. The van der Waals surface area contributed by atoms with E-state index in [1.807, 2.05) is 0 Å². The molecule has 1 aliphatic rings. The molecule has 7 heteroatoms. The lowest BCUT2D eigenvalue weighted by Crippen LogP contribution is -2.41. The Bertz CT molecular complexity index is 875. The molecule has 0 saturated heterocycles. The summed E-state index contributed by atoms with van der Waals surface area (Å²) in [5, 5.41) is 16.3. The van der Waals surface area contributed by atoms with Gasteiger partial charge < -0.3 is 20.3 Å². The number of anilines is 2. The fourth-order valence-corrected chi connectivity index (χ4v) is 3.61. The van der Waals surface area contributed by atoms with E-state index in [1.54, 1.807) is 43.6 Å². The molecule has 1 aliphatic carbocycles. The van der Waals surface area contributed by atoms with Crippen LogP contribution in [0.25, 0.3) is 0 Å². The van der Waals surface area contributed by atoms with Gasteiger partial charge >= 0.3 is 0 Å². The van der Waals surface area contributed by atoms with Crippen LogP contribution in [-0.4, -0.2) is 21.8 Å². The first-order chi connectivity index (χ1) is 13.0. The smallest absolute Gasteiger partial charge is 0.273 e. The van der Waals surface area contributed by atoms with E-state index in [0.29, 0.717) is 11.4 Å². The van der Waals surface area contributed by atoms with Crippen molar-refractivity contribution in [1.82, 2.24) is 9.88 Å². The summed E-state index contributed by atoms with van der Waals surface area (Å²) in [6.07, 6.45) is 5.93. The molecule has 3 rings (SSSR count). The zero-order chi connectivity index (χ0) is 19.4. The Hall–Kier alpha value is -2.31. The van der Waals surface area contributed by atoms with Crippen molar-refractivity contribution in [1.29, 1.82) is 0 Å². The highest BCUT2D eigenvalue weighted by Crippen LogP contribution is 2.27. The molecule has 1 atom stereocenters. The van der Waals surface area contributed by atoms with Gasteiger partial charge in [0.05, 0.1) is 10.6 Å². The average molecular weight is 390 g/mol. The maximum atomic E-state index is 12.6. The molecule has 3 N–H and O–H groups in total. The number of aliphatic hydroxyl groups is 1. The van der Waals surface area contributed by atoms with Gasteiger partial charge in [-0.05, 0) is 43.2 Å². The minimum Gasteiger partial charge on any atom is -0.373 e. The van der Waals surface area contributed by atoms with Gasteiger partial charge in [-0.2, -0.15) is 0 Å². The van der Waals surface area contributed by atoms with Gasteiger partial charge in [-0.15, -0.1) is 0 Å². The molecule has 1 saturated carbocycles. The molecule has 144 valence electrons. The van der Waals surface area contributed by atoms with E-state index in [0.717, 1.165) is 25.7 Å². The van der Waals surface area contributed by atoms with Gasteiger partial charge in [-0.1, -0.05) is 30.9 Å². The Morgan fingerprint density at radius 1 is 1.26 bits per heavy atom. The maximum absolute atomic E-state index is 12.6. The number of rotatable bonds is 5. The quantitative estimate of drug-likeness (QED) is 0.684. The molecule has 0 aliphatic heterocycles. The highest BCUT2D eigenvalue weighted by molar-refractivity contribution is 6.34. The molecule has 2 aromatic rings. The fourth-order valence-electron chi connectivity index (χ4n) is 3.40. The minimum absolute atomic E-state index is 0.0788. The standard InChI is InChI=1S/C20H24ClN3O3/c1-24-11-5-8-17(20(24)27)22-14-9-10-16(21)15(12-14)19(26)23-18(25)13-6-3-2-4-7-13/h5,8-13,18,22,25H,2-4,6-7H2,1H3,(H,23,26). The number of carbonyl (C=O) groups excluding carboxylic acids is 1. The largest absolute Gasteiger partial charge is 0.373 e. The number of aliphatic hydroxyl groups excluding tert-OH is 1. The van der Waals surface area contributed by atoms with E-state index in [9.17, 15) is 14.7 Å². The number of benzene rings is 1. The molecule has 0 bridgehead atoms. The van der Waals surface area contributed by atoms with Gasteiger partial charge in [0.25, 0.3) is 11.5 Å². The highest BCUT2D eigenvalue weighted by Gasteiger charge is 2.24. The summed E-state index contributed by atoms with van der Waals surface area (Å²) < 4.78 is 1.46. The molecule has 1 amide bonds. The van der Waals surface area contributed by atoms with Crippen LogP contribution in [0.15, 0.2) is 41.3 Å². The van der Waals surface area contributed by atoms with E-state index in [2.05, 4.69) is 10.6 Å². The van der Waals surface area contributed by atoms with Gasteiger partial charge in [0.2, 0.25) is 0 Å². The summed E-state index contributed by atoms with van der Waals surface area (Å²) in [5.74, 6) is -0.349. The van der Waals surface area contributed by atoms with Gasteiger partial charge in [0, 0.05) is 24.8 Å². The summed E-state index contributed by atoms with van der Waals surface area (Å²) in [6, 6.07) is 8.30. The van der Waals surface area contributed by atoms with Gasteiger partial charge in [0.1, 0.15) is 11.9 Å². The second-order valence-corrected chi connectivity index (χ2v) is 7.38. The number of hydrogen-bond donors (Lipinski definition) is 3. The third-order valence-corrected chi connectivity index (χ3v) is 5.32. The van der Waals surface area contributed by atoms with Crippen LogP contribution in [0.3, 0.4) is 0 Å². The molecule has 1 heterocycles. The first-order valence-corrected chi connectivity index (χ1v) is 9.54. The highest BCUT2D eigenvalue weighted by atomic mass is 35.5. The third kappa shape index (κ3) is 4.70. The zero-order valence-corrected chi connectivity index (χ0v) is 16.0. The first kappa shape index (κ1) is 19.5. The van der Waals surface area contributed by atoms with Gasteiger partial charge in [-0.25, -0.2) is 0 Å². The Morgan fingerprint density at radius 2 is 2.00 bits per heavy atom. The lowest BCUT2D eigenvalue weighted by molar-refractivity contribution is 0.0463. The average Bonchev–Trinajstić information content (AvgIpc) is 2.67. The number of aryl methyl sites for hydroxylation is 1. The Balaban J connectivity index is 1.75. The lowest BCUT2D eigenvalue weighted by Gasteiger charge is -2.27. The van der Waals surface area contributed by atoms with E-state index < -0.39 is 12.1 Å². The molecule has 1 aromatic heterocycles. The maximum Gasteiger partial charge on any atom is 0.273 e. The van der Waals surface area contributed by atoms with Crippen molar-refractivity contribution in [3.05, 3.63) is 57.5 Å². The molecule has 0 radical (unpaired) electrons. The van der Waals surface area contributed by atoms with Gasteiger partial charge in [-0.3, -0.25) is 9.59 Å². The molecular weight excluding hydrogens is 366 g/mol. The van der Waals surface area contributed by atoms with E-state index >= 15 is 0 Å². The number of nitrogens with one attached hydrogen (secondary N) is 2. The molecule has 1 aromatic carbocycles. The predicted octanol–water partition coefficient (Wildman–Crippen LogP) is 3.41. The SMILES string of the molecule is Cn1cccc(Nc2ccc(Cl)c(C(=O)NC(O)C3CCCCC3)c2)c1=O. The summed E-state index contributed by atoms with van der Waals surface area (Å²) in [4.78, 5) is 24.7. The van der Waals surface area contributed by atoms with Crippen LogP contribution in [0.5, 0.6) is 0 Å². The first-order valence-electron chi connectivity index (χ1n) is 9.17. The second kappa shape index (κ2) is 8.59. The van der Waals surface area contributed by atoms with Crippen LogP contribution in [0.1, 0.15) is 42.5 Å². The van der Waals surface area contributed by atoms with Crippen LogP contribution >= 0.6 is 11.6 Å². The van der Waals surface area contributed by atoms with Crippen LogP contribution in [0.2, 0.25) is 5.02 Å². The zero-order valence-electron chi connectivity index (χ0n) is 15.2. The molecular formula is C20H24ClN3O3. The minimum atomic E-state index is -0.883. The van der Waals surface area contributed by atoms with E-state index in [4.69, 9.17) is 11.6 Å². The van der Waals surface area contributed by atoms with Crippen molar-refractivity contribution in [2.45, 2.75) is 38.3 Å². The van der Waals surface area contributed by atoms with Crippen LogP contribution in [0, 0.1) is 5.92 Å². The van der Waals surface area contributed by atoms with Crippen LogP contribution in [-0.2, 0) is 7.05 Å². The normalized spacial score (nSPS) is 16.0. The third-order valence-electron chi connectivity index (χ3n) is 4.99. The van der Waals surface area contributed by atoms with Crippen LogP contribution < -0.4 is 16.2 Å².